The number of carbonyl (C=O) groups is 1. The van der Waals surface area contributed by atoms with Gasteiger partial charge in [-0.2, -0.15) is 8.42 Å². The van der Waals surface area contributed by atoms with Crippen LogP contribution in [0.15, 0.2) is 0 Å². The minimum atomic E-state index is -4.36. The molecule has 1 fully saturated rings. The van der Waals surface area contributed by atoms with Crippen LogP contribution in [0.2, 0.25) is 0 Å². The van der Waals surface area contributed by atoms with Crippen molar-refractivity contribution in [1.82, 2.24) is 0 Å². The van der Waals surface area contributed by atoms with Gasteiger partial charge in [0.2, 0.25) is 0 Å². The van der Waals surface area contributed by atoms with E-state index in [0.717, 1.165) is 0 Å². The van der Waals surface area contributed by atoms with Crippen LogP contribution < -0.4 is 0 Å². The van der Waals surface area contributed by atoms with Crippen LogP contribution in [-0.2, 0) is 24.4 Å². The van der Waals surface area contributed by atoms with E-state index in [1.54, 1.807) is 0 Å². The van der Waals surface area contributed by atoms with Gasteiger partial charge in [-0.05, 0) is 6.42 Å². The summed E-state index contributed by atoms with van der Waals surface area (Å²) in [5, 5.41) is -1.47. The molecule has 2 unspecified atom stereocenters. The molecule has 1 rings (SSSR count). The Hall–Kier alpha value is -0.660. The van der Waals surface area contributed by atoms with E-state index >= 15 is 0 Å². The van der Waals surface area contributed by atoms with Crippen LogP contribution in [0.4, 0.5) is 0 Å². The van der Waals surface area contributed by atoms with Crippen LogP contribution in [-0.4, -0.2) is 43.5 Å². The minimum absolute atomic E-state index is 0.00239. The van der Waals surface area contributed by atoms with Crippen molar-refractivity contribution < 1.29 is 27.2 Å². The highest BCUT2D eigenvalue weighted by molar-refractivity contribution is 7.87. The van der Waals surface area contributed by atoms with Gasteiger partial charge in [0.1, 0.15) is 0 Å². The molecule has 1 saturated heterocycles. The number of rotatable bonds is 6. The lowest BCUT2D eigenvalue weighted by Crippen LogP contribution is -2.31. The van der Waals surface area contributed by atoms with Crippen LogP contribution in [0.5, 0.6) is 0 Å². The molecule has 0 bridgehead atoms. The summed E-state index contributed by atoms with van der Waals surface area (Å²) >= 11 is 0. The number of ether oxygens (including phenoxy) is 2. The molecule has 7 heteroatoms. The van der Waals surface area contributed by atoms with Crippen molar-refractivity contribution in [3.05, 3.63) is 0 Å². The quantitative estimate of drug-likeness (QED) is 0.397. The van der Waals surface area contributed by atoms with Gasteiger partial charge in [0.15, 0.2) is 5.25 Å². The predicted octanol–water partition coefficient (Wildman–Crippen LogP) is -0.0151. The van der Waals surface area contributed by atoms with Gasteiger partial charge in [-0.3, -0.25) is 9.35 Å². The van der Waals surface area contributed by atoms with E-state index in [-0.39, 0.29) is 19.1 Å². The fraction of sp³-hybridized carbons (Fsp3) is 0.875. The molecule has 1 heterocycles. The first-order valence-electron chi connectivity index (χ1n) is 4.69. The molecular weight excluding hydrogens is 224 g/mol. The Bertz CT molecular complexity index is 318. The van der Waals surface area contributed by atoms with Crippen LogP contribution in [0.3, 0.4) is 0 Å². The summed E-state index contributed by atoms with van der Waals surface area (Å²) in [4.78, 5) is 11.2. The molecule has 0 amide bonds. The van der Waals surface area contributed by atoms with Gasteiger partial charge < -0.3 is 9.47 Å². The fourth-order valence-corrected chi connectivity index (χ4v) is 1.85. The Balaban J connectivity index is 2.35. The largest absolute Gasteiger partial charge is 0.465 e. The number of esters is 1. The lowest BCUT2D eigenvalue weighted by Gasteiger charge is -2.10. The average molecular weight is 238 g/mol. The molecule has 0 aromatic carbocycles. The highest BCUT2D eigenvalue weighted by Gasteiger charge is 2.31. The number of hydrogen-bond acceptors (Lipinski definition) is 5. The van der Waals surface area contributed by atoms with Gasteiger partial charge in [0, 0.05) is 6.42 Å². The van der Waals surface area contributed by atoms with Crippen molar-refractivity contribution in [3.63, 3.8) is 0 Å². The lowest BCUT2D eigenvalue weighted by molar-refractivity contribution is -0.143. The predicted molar refractivity (Wildman–Crippen MR) is 50.9 cm³/mol. The summed E-state index contributed by atoms with van der Waals surface area (Å²) in [5.74, 6) is -0.902. The van der Waals surface area contributed by atoms with Gasteiger partial charge in [0.05, 0.1) is 19.3 Å². The van der Waals surface area contributed by atoms with Crippen LogP contribution in [0, 0.1) is 0 Å². The lowest BCUT2D eigenvalue weighted by atomic mass is 10.3. The van der Waals surface area contributed by atoms with E-state index in [4.69, 9.17) is 14.0 Å². The standard InChI is InChI=1S/C8H14O6S/c1-2-7(15(10,11)12)8(9)13-4-3-6-5-14-6/h6-7H,2-5H2,1H3,(H,10,11,12). The number of carbonyl (C=O) groups excluding carboxylic acids is 1. The molecule has 0 aromatic heterocycles. The zero-order valence-electron chi connectivity index (χ0n) is 8.38. The third kappa shape index (κ3) is 4.15. The molecule has 0 aromatic rings. The summed E-state index contributed by atoms with van der Waals surface area (Å²) in [7, 11) is -4.36. The van der Waals surface area contributed by atoms with Gasteiger partial charge in [-0.15, -0.1) is 0 Å². The normalized spacial score (nSPS) is 22.1. The Labute approximate surface area is 88.3 Å². The maximum Gasteiger partial charge on any atom is 0.326 e. The van der Waals surface area contributed by atoms with Crippen molar-refractivity contribution in [2.45, 2.75) is 31.1 Å². The number of epoxide rings is 1. The SMILES string of the molecule is CCC(C(=O)OCCC1CO1)S(=O)(=O)O. The highest BCUT2D eigenvalue weighted by Crippen LogP contribution is 2.14. The Kier molecular flexibility index (Phi) is 4.06. The zero-order chi connectivity index (χ0) is 11.5. The Morgan fingerprint density at radius 2 is 2.27 bits per heavy atom. The molecule has 1 aliphatic rings. The van der Waals surface area contributed by atoms with E-state index in [0.29, 0.717) is 13.0 Å². The maximum atomic E-state index is 11.2. The van der Waals surface area contributed by atoms with Crippen molar-refractivity contribution >= 4 is 16.1 Å². The molecule has 0 aliphatic carbocycles. The molecule has 0 spiro atoms. The molecule has 1 aliphatic heterocycles. The molecule has 2 atom stereocenters. The first kappa shape index (κ1) is 12.4. The third-order valence-electron chi connectivity index (χ3n) is 2.08. The molecule has 88 valence electrons. The first-order valence-corrected chi connectivity index (χ1v) is 6.20. The van der Waals surface area contributed by atoms with Crippen molar-refractivity contribution in [1.29, 1.82) is 0 Å². The molecule has 1 N–H and O–H groups in total. The van der Waals surface area contributed by atoms with Crippen molar-refractivity contribution in [3.8, 4) is 0 Å². The van der Waals surface area contributed by atoms with Gasteiger partial charge in [0.25, 0.3) is 10.1 Å². The summed E-state index contributed by atoms with van der Waals surface area (Å²) in [5.41, 5.74) is 0. The second-order valence-electron chi connectivity index (χ2n) is 3.32. The highest BCUT2D eigenvalue weighted by atomic mass is 32.2. The average Bonchev–Trinajstić information content (AvgIpc) is 2.86. The van der Waals surface area contributed by atoms with E-state index < -0.39 is 21.3 Å². The van der Waals surface area contributed by atoms with Crippen LogP contribution in [0.25, 0.3) is 0 Å². The molecular formula is C8H14O6S. The number of hydrogen-bond donors (Lipinski definition) is 1. The van der Waals surface area contributed by atoms with Gasteiger partial charge in [-0.1, -0.05) is 6.92 Å². The Morgan fingerprint density at radius 3 is 2.67 bits per heavy atom. The van der Waals surface area contributed by atoms with Gasteiger partial charge >= 0.3 is 5.97 Å². The third-order valence-corrected chi connectivity index (χ3v) is 3.32. The smallest absolute Gasteiger partial charge is 0.326 e. The van der Waals surface area contributed by atoms with E-state index in [1.807, 2.05) is 0 Å². The summed E-state index contributed by atoms with van der Waals surface area (Å²) in [6.07, 6.45) is 0.689. The second-order valence-corrected chi connectivity index (χ2v) is 4.92. The van der Waals surface area contributed by atoms with Crippen LogP contribution in [0.1, 0.15) is 19.8 Å². The molecule has 0 radical (unpaired) electrons. The summed E-state index contributed by atoms with van der Waals surface area (Å²) < 4.78 is 39.8. The molecule has 0 saturated carbocycles. The minimum Gasteiger partial charge on any atom is -0.465 e. The summed E-state index contributed by atoms with van der Waals surface area (Å²) in [6, 6.07) is 0. The fourth-order valence-electron chi connectivity index (χ4n) is 1.12. The maximum absolute atomic E-state index is 11.2. The van der Waals surface area contributed by atoms with Crippen molar-refractivity contribution in [2.24, 2.45) is 0 Å². The Morgan fingerprint density at radius 1 is 1.67 bits per heavy atom. The van der Waals surface area contributed by atoms with E-state index in [9.17, 15) is 13.2 Å². The van der Waals surface area contributed by atoms with Crippen molar-refractivity contribution in [2.75, 3.05) is 13.2 Å². The first-order chi connectivity index (χ1) is 6.95. The van der Waals surface area contributed by atoms with E-state index in [2.05, 4.69) is 0 Å². The molecule has 15 heavy (non-hydrogen) atoms. The van der Waals surface area contributed by atoms with E-state index in [1.165, 1.54) is 6.92 Å². The monoisotopic (exact) mass is 238 g/mol. The second kappa shape index (κ2) is 4.91. The summed E-state index contributed by atoms with van der Waals surface area (Å²) in [6.45, 7) is 2.27. The van der Waals surface area contributed by atoms with Crippen LogP contribution >= 0.6 is 0 Å². The molecule has 6 nitrogen and oxygen atoms in total. The zero-order valence-corrected chi connectivity index (χ0v) is 9.20. The van der Waals surface area contributed by atoms with Gasteiger partial charge in [-0.25, -0.2) is 0 Å². The topological polar surface area (TPSA) is 93.2 Å².